The van der Waals surface area contributed by atoms with Gasteiger partial charge >= 0.3 is 5.97 Å². The molecule has 1 aromatic rings. The number of ether oxygens (including phenoxy) is 1. The molecule has 1 aliphatic heterocycles. The average molecular weight is 430 g/mol. The third-order valence-electron chi connectivity index (χ3n) is 6.84. The van der Waals surface area contributed by atoms with E-state index in [1.165, 1.54) is 6.42 Å². The Morgan fingerprint density at radius 2 is 1.87 bits per heavy atom. The van der Waals surface area contributed by atoms with Gasteiger partial charge in [0.25, 0.3) is 5.91 Å². The quantitative estimate of drug-likeness (QED) is 0.674. The summed E-state index contributed by atoms with van der Waals surface area (Å²) in [6.07, 6.45) is 3.49. The van der Waals surface area contributed by atoms with E-state index in [1.54, 1.807) is 0 Å². The van der Waals surface area contributed by atoms with Gasteiger partial charge in [-0.25, -0.2) is 0 Å². The first-order chi connectivity index (χ1) is 14.8. The van der Waals surface area contributed by atoms with Crippen molar-refractivity contribution in [3.05, 3.63) is 29.8 Å². The maximum Gasteiger partial charge on any atom is 0.311 e. The number of rotatable bonds is 7. The van der Waals surface area contributed by atoms with Crippen LogP contribution in [0.15, 0.2) is 24.3 Å². The molecule has 1 aliphatic carbocycles. The van der Waals surface area contributed by atoms with E-state index < -0.39 is 11.9 Å². The predicted molar refractivity (Wildman–Crippen MR) is 119 cm³/mol. The number of carbonyl (C=O) groups excluding carboxylic acids is 3. The summed E-state index contributed by atoms with van der Waals surface area (Å²) in [4.78, 5) is 41.0. The second-order valence-electron chi connectivity index (χ2n) is 9.23. The summed E-state index contributed by atoms with van der Waals surface area (Å²) in [6.45, 7) is 4.89. The fourth-order valence-electron chi connectivity index (χ4n) is 4.62. The first-order valence-electron chi connectivity index (χ1n) is 11.2. The van der Waals surface area contributed by atoms with Crippen molar-refractivity contribution >= 4 is 23.5 Å². The molecule has 2 aliphatic rings. The third kappa shape index (κ3) is 5.77. The summed E-state index contributed by atoms with van der Waals surface area (Å²) in [7, 11) is 3.94. The van der Waals surface area contributed by atoms with Crippen LogP contribution in [-0.4, -0.2) is 56.0 Å². The molecule has 0 aromatic heterocycles. The predicted octanol–water partition coefficient (Wildman–Crippen LogP) is 2.59. The molecule has 7 nitrogen and oxygen atoms in total. The maximum atomic E-state index is 12.5. The molecule has 4 atom stereocenters. The number of likely N-dealkylation sites (tertiary alicyclic amines) is 1. The highest BCUT2D eigenvalue weighted by Crippen LogP contribution is 2.35. The molecular formula is C24H35N3O4. The van der Waals surface area contributed by atoms with Crippen LogP contribution in [0.1, 0.15) is 45.1 Å². The van der Waals surface area contributed by atoms with Crippen molar-refractivity contribution in [2.24, 2.45) is 17.8 Å². The molecule has 170 valence electrons. The van der Waals surface area contributed by atoms with Crippen molar-refractivity contribution in [3.8, 4) is 0 Å². The zero-order chi connectivity index (χ0) is 22.5. The number of nitrogens with one attached hydrogen (secondary N) is 1. The van der Waals surface area contributed by atoms with Crippen molar-refractivity contribution in [3.63, 3.8) is 0 Å². The highest BCUT2D eigenvalue weighted by molar-refractivity contribution is 5.88. The van der Waals surface area contributed by atoms with Gasteiger partial charge in [0, 0.05) is 45.3 Å². The van der Waals surface area contributed by atoms with Gasteiger partial charge in [0.2, 0.25) is 5.91 Å². The Bertz CT molecular complexity index is 793. The van der Waals surface area contributed by atoms with Crippen LogP contribution in [0.2, 0.25) is 0 Å². The molecule has 0 bridgehead atoms. The topological polar surface area (TPSA) is 79.0 Å². The first kappa shape index (κ1) is 23.1. The Labute approximate surface area is 185 Å². The van der Waals surface area contributed by atoms with Crippen LogP contribution in [0.5, 0.6) is 0 Å². The molecule has 7 heteroatoms. The fourth-order valence-corrected chi connectivity index (χ4v) is 4.62. The zero-order valence-electron chi connectivity index (χ0n) is 19.1. The minimum absolute atomic E-state index is 0.0264. The molecule has 2 amide bonds. The molecule has 1 aromatic carbocycles. The van der Waals surface area contributed by atoms with Crippen molar-refractivity contribution in [2.75, 3.05) is 32.1 Å². The Morgan fingerprint density at radius 1 is 1.16 bits per heavy atom. The Kier molecular flexibility index (Phi) is 7.57. The van der Waals surface area contributed by atoms with E-state index in [9.17, 15) is 14.4 Å². The van der Waals surface area contributed by atoms with E-state index in [2.05, 4.69) is 19.2 Å². The molecule has 31 heavy (non-hydrogen) atoms. The van der Waals surface area contributed by atoms with Crippen molar-refractivity contribution < 1.29 is 19.1 Å². The van der Waals surface area contributed by atoms with E-state index in [1.807, 2.05) is 48.2 Å². The molecule has 0 radical (unpaired) electrons. The third-order valence-corrected chi connectivity index (χ3v) is 6.84. The second-order valence-corrected chi connectivity index (χ2v) is 9.23. The van der Waals surface area contributed by atoms with Gasteiger partial charge in [-0.2, -0.15) is 0 Å². The minimum atomic E-state index is -0.483. The van der Waals surface area contributed by atoms with Crippen LogP contribution in [0.3, 0.4) is 0 Å². The SMILES string of the molecule is C[C@H]1[C@H](N2C[C@H](C(=O)OCC(=O)NCc3ccc(N(C)C)cc3)CC2=O)CCC[C@@H]1C. The summed E-state index contributed by atoms with van der Waals surface area (Å²) >= 11 is 0. The number of benzene rings is 1. The highest BCUT2D eigenvalue weighted by atomic mass is 16.5. The van der Waals surface area contributed by atoms with Crippen LogP contribution >= 0.6 is 0 Å². The first-order valence-corrected chi connectivity index (χ1v) is 11.2. The van der Waals surface area contributed by atoms with E-state index in [-0.39, 0.29) is 30.9 Å². The van der Waals surface area contributed by atoms with Gasteiger partial charge in [-0.3, -0.25) is 14.4 Å². The van der Waals surface area contributed by atoms with Crippen LogP contribution in [0, 0.1) is 17.8 Å². The minimum Gasteiger partial charge on any atom is -0.455 e. The number of anilines is 1. The van der Waals surface area contributed by atoms with Gasteiger partial charge in [0.05, 0.1) is 5.92 Å². The van der Waals surface area contributed by atoms with Crippen molar-refractivity contribution in [2.45, 2.75) is 52.1 Å². The summed E-state index contributed by atoms with van der Waals surface area (Å²) in [5, 5.41) is 2.77. The Hall–Kier alpha value is -2.57. The van der Waals surface area contributed by atoms with Gasteiger partial charge in [-0.05, 0) is 36.0 Å². The molecule has 0 unspecified atom stereocenters. The lowest BCUT2D eigenvalue weighted by atomic mass is 9.77. The molecule has 1 heterocycles. The highest BCUT2D eigenvalue weighted by Gasteiger charge is 2.42. The molecule has 1 saturated carbocycles. The number of esters is 1. The molecule has 3 rings (SSSR count). The number of amides is 2. The lowest BCUT2D eigenvalue weighted by Gasteiger charge is -2.39. The number of hydrogen-bond acceptors (Lipinski definition) is 5. The van der Waals surface area contributed by atoms with E-state index in [0.29, 0.717) is 24.9 Å². The fraction of sp³-hybridized carbons (Fsp3) is 0.625. The number of hydrogen-bond donors (Lipinski definition) is 1. The molecule has 1 N–H and O–H groups in total. The Balaban J connectivity index is 1.43. The summed E-state index contributed by atoms with van der Waals surface area (Å²) in [6, 6.07) is 8.08. The summed E-state index contributed by atoms with van der Waals surface area (Å²) in [5.74, 6) is -0.244. The van der Waals surface area contributed by atoms with Crippen molar-refractivity contribution in [1.29, 1.82) is 0 Å². The van der Waals surface area contributed by atoms with Gasteiger partial charge in [0.15, 0.2) is 6.61 Å². The van der Waals surface area contributed by atoms with Crippen LogP contribution in [0.4, 0.5) is 5.69 Å². The van der Waals surface area contributed by atoms with Gasteiger partial charge in [0.1, 0.15) is 0 Å². The van der Waals surface area contributed by atoms with Crippen LogP contribution < -0.4 is 10.2 Å². The zero-order valence-corrected chi connectivity index (χ0v) is 19.1. The summed E-state index contributed by atoms with van der Waals surface area (Å²) in [5.41, 5.74) is 2.05. The average Bonchev–Trinajstić information content (AvgIpc) is 3.14. The molecule has 1 saturated heterocycles. The molecule has 0 spiro atoms. The summed E-state index contributed by atoms with van der Waals surface area (Å²) < 4.78 is 5.22. The lowest BCUT2D eigenvalue weighted by Crippen LogP contribution is -2.45. The van der Waals surface area contributed by atoms with Gasteiger partial charge in [-0.1, -0.05) is 38.8 Å². The van der Waals surface area contributed by atoms with Gasteiger partial charge < -0.3 is 19.9 Å². The van der Waals surface area contributed by atoms with Crippen LogP contribution in [-0.2, 0) is 25.7 Å². The number of carbonyl (C=O) groups is 3. The normalized spacial score (nSPS) is 25.9. The largest absolute Gasteiger partial charge is 0.455 e. The Morgan fingerprint density at radius 3 is 2.55 bits per heavy atom. The van der Waals surface area contributed by atoms with E-state index in [0.717, 1.165) is 24.1 Å². The number of nitrogens with zero attached hydrogens (tertiary/aromatic N) is 2. The standard InChI is InChI=1S/C24H35N3O4/c1-16-6-5-7-21(17(16)2)27-14-19(12-23(27)29)24(30)31-15-22(28)25-13-18-8-10-20(11-9-18)26(3)4/h8-11,16-17,19,21H,5-7,12-15H2,1-4H3,(H,25,28)/t16-,17+,19+,21+/m0/s1. The van der Waals surface area contributed by atoms with E-state index in [4.69, 9.17) is 4.74 Å². The maximum absolute atomic E-state index is 12.5. The smallest absolute Gasteiger partial charge is 0.311 e. The molecule has 2 fully saturated rings. The van der Waals surface area contributed by atoms with E-state index >= 15 is 0 Å². The molecular weight excluding hydrogens is 394 g/mol. The van der Waals surface area contributed by atoms with Crippen LogP contribution in [0.25, 0.3) is 0 Å². The van der Waals surface area contributed by atoms with Gasteiger partial charge in [-0.15, -0.1) is 0 Å². The van der Waals surface area contributed by atoms with Crippen molar-refractivity contribution in [1.82, 2.24) is 10.2 Å². The lowest BCUT2D eigenvalue weighted by molar-refractivity contribution is -0.152. The second kappa shape index (κ2) is 10.2. The monoisotopic (exact) mass is 429 g/mol.